The van der Waals surface area contributed by atoms with Crippen LogP contribution in [0.1, 0.15) is 42.2 Å². The Kier molecular flexibility index (Phi) is 6.88. The quantitative estimate of drug-likeness (QED) is 0.306. The highest BCUT2D eigenvalue weighted by Gasteiger charge is 2.33. The van der Waals surface area contributed by atoms with Gasteiger partial charge < -0.3 is 19.9 Å². The second-order valence-corrected chi connectivity index (χ2v) is 13.2. The lowest BCUT2D eigenvalue weighted by molar-refractivity contribution is 0.0745. The number of pyridine rings is 2. The van der Waals surface area contributed by atoms with Crippen molar-refractivity contribution in [3.8, 4) is 17.3 Å². The number of carbonyl (C=O) groups is 1. The van der Waals surface area contributed by atoms with E-state index in [0.29, 0.717) is 58.5 Å². The van der Waals surface area contributed by atoms with Crippen molar-refractivity contribution in [2.24, 2.45) is 11.7 Å². The van der Waals surface area contributed by atoms with Gasteiger partial charge in [0.25, 0.3) is 5.91 Å². The van der Waals surface area contributed by atoms with Crippen LogP contribution in [0.3, 0.4) is 0 Å². The normalized spacial score (nSPS) is 19.4. The Balaban J connectivity index is 1.50. The number of alkyl halides is 2. The van der Waals surface area contributed by atoms with Crippen molar-refractivity contribution in [3.63, 3.8) is 0 Å². The zero-order chi connectivity index (χ0) is 30.1. The number of rotatable bonds is 8. The summed E-state index contributed by atoms with van der Waals surface area (Å²) in [6, 6.07) is 8.13. The first-order valence-corrected chi connectivity index (χ1v) is 15.6. The van der Waals surface area contributed by atoms with E-state index in [4.69, 9.17) is 15.5 Å². The Morgan fingerprint density at radius 2 is 1.95 bits per heavy atom. The molecule has 2 fully saturated rings. The number of amides is 1. The predicted octanol–water partition coefficient (Wildman–Crippen LogP) is 3.63. The van der Waals surface area contributed by atoms with Crippen molar-refractivity contribution in [3.05, 3.63) is 41.6 Å². The fourth-order valence-corrected chi connectivity index (χ4v) is 6.64. The first-order chi connectivity index (χ1) is 19.9. The van der Waals surface area contributed by atoms with E-state index in [1.165, 1.54) is 13.2 Å². The molecule has 2 aliphatic rings. The van der Waals surface area contributed by atoms with Gasteiger partial charge in [0.05, 0.1) is 24.8 Å². The molecule has 11 nitrogen and oxygen atoms in total. The van der Waals surface area contributed by atoms with E-state index in [2.05, 4.69) is 4.98 Å². The number of anilines is 1. The lowest BCUT2D eigenvalue weighted by Gasteiger charge is -2.21. The number of hydrogen-bond acceptors (Lipinski definition) is 7. The molecule has 14 heteroatoms. The van der Waals surface area contributed by atoms with Crippen molar-refractivity contribution >= 4 is 38.4 Å². The summed E-state index contributed by atoms with van der Waals surface area (Å²) in [6.45, 7) is 1.64. The second kappa shape index (κ2) is 10.2. The molecule has 1 aliphatic carbocycles. The number of halogens is 2. The number of aryl methyl sites for hydroxylation is 1. The van der Waals surface area contributed by atoms with Crippen LogP contribution in [0.5, 0.6) is 5.88 Å². The van der Waals surface area contributed by atoms with E-state index >= 15 is 0 Å². The monoisotopic (exact) mass is 601 g/mol. The molecule has 0 aromatic carbocycles. The highest BCUT2D eigenvalue weighted by molar-refractivity contribution is 7.92. The lowest BCUT2D eigenvalue weighted by Crippen LogP contribution is -2.35. The number of nitrogens with two attached hydrogens (primary N) is 1. The topological polar surface area (TPSA) is 128 Å². The van der Waals surface area contributed by atoms with Gasteiger partial charge >= 0.3 is 6.55 Å². The zero-order valence-corrected chi connectivity index (χ0v) is 24.6. The molecular weight excluding hydrogens is 568 g/mol. The molecule has 1 saturated heterocycles. The summed E-state index contributed by atoms with van der Waals surface area (Å²) >= 11 is 0. The van der Waals surface area contributed by atoms with Crippen molar-refractivity contribution in [2.75, 3.05) is 24.2 Å². The SMILES string of the molecule is COc1cc(C(=O)N2C[C@H](N)C[C@@H]2C)cc2nc(-c3cc4ccc(N(C(F)F)S(C)(=O)=O)nc4n3CC3CC3)c(C)n12. The summed E-state index contributed by atoms with van der Waals surface area (Å²) in [4.78, 5) is 24.5. The molecule has 224 valence electrons. The first kappa shape index (κ1) is 28.3. The molecule has 42 heavy (non-hydrogen) atoms. The Morgan fingerprint density at radius 3 is 2.55 bits per heavy atom. The van der Waals surface area contributed by atoms with Crippen molar-refractivity contribution in [1.29, 1.82) is 0 Å². The maximum Gasteiger partial charge on any atom is 0.329 e. The van der Waals surface area contributed by atoms with E-state index in [1.807, 2.05) is 28.9 Å². The average Bonchev–Trinajstić information content (AvgIpc) is 3.46. The fourth-order valence-electron chi connectivity index (χ4n) is 5.91. The molecular formula is C28H33F2N7O4S. The van der Waals surface area contributed by atoms with Gasteiger partial charge in [-0.3, -0.25) is 9.20 Å². The summed E-state index contributed by atoms with van der Waals surface area (Å²) in [6.07, 6.45) is 3.50. The highest BCUT2D eigenvalue weighted by Crippen LogP contribution is 2.38. The van der Waals surface area contributed by atoms with E-state index in [9.17, 15) is 22.0 Å². The Morgan fingerprint density at radius 1 is 1.21 bits per heavy atom. The van der Waals surface area contributed by atoms with Crippen molar-refractivity contribution in [1.82, 2.24) is 23.8 Å². The number of fused-ring (bicyclic) bond motifs is 2. The van der Waals surface area contributed by atoms with Crippen LogP contribution in [0.15, 0.2) is 30.3 Å². The molecule has 1 amide bonds. The molecule has 1 saturated carbocycles. The third kappa shape index (κ3) is 4.85. The number of aromatic nitrogens is 4. The molecule has 5 heterocycles. The lowest BCUT2D eigenvalue weighted by atomic mass is 10.2. The van der Waals surface area contributed by atoms with Crippen LogP contribution in [0.4, 0.5) is 14.6 Å². The molecule has 0 radical (unpaired) electrons. The smallest absolute Gasteiger partial charge is 0.329 e. The van der Waals surface area contributed by atoms with E-state index < -0.39 is 16.6 Å². The van der Waals surface area contributed by atoms with Crippen LogP contribution in [0.25, 0.3) is 28.1 Å². The van der Waals surface area contributed by atoms with E-state index in [0.717, 1.165) is 31.2 Å². The summed E-state index contributed by atoms with van der Waals surface area (Å²) in [5, 5.41) is 0.663. The number of hydrogen-bond donors (Lipinski definition) is 1. The number of ether oxygens (including phenoxy) is 1. The Hall–Kier alpha value is -3.78. The standard InChI is InChI=1S/C28H33F2N7O4S/c1-15-9-20(31)14-34(15)27(38)19-11-23-32-25(16(2)36(23)24(12-19)41-3)21-10-18-7-8-22(37(28(29)30)42(4,39)40)33-26(18)35(21)13-17-5-6-17/h7-8,10-12,15,17,20,28H,5-6,9,13-14,31H2,1-4H3/t15-,20+/m0/s1. The molecule has 0 bridgehead atoms. The van der Waals surface area contributed by atoms with Crippen LogP contribution in [-0.4, -0.2) is 76.7 Å². The van der Waals surface area contributed by atoms with Crippen molar-refractivity contribution < 1.29 is 26.7 Å². The zero-order valence-electron chi connectivity index (χ0n) is 23.8. The first-order valence-electron chi connectivity index (χ1n) is 13.8. The molecule has 0 unspecified atom stereocenters. The number of methoxy groups -OCH3 is 1. The summed E-state index contributed by atoms with van der Waals surface area (Å²) in [5.74, 6) is 0.326. The molecule has 6 rings (SSSR count). The minimum atomic E-state index is -4.27. The number of nitrogens with zero attached hydrogens (tertiary/aromatic N) is 6. The Bertz CT molecular complexity index is 1820. The molecule has 4 aromatic rings. The minimum absolute atomic E-state index is 0.0194. The van der Waals surface area contributed by atoms with Gasteiger partial charge in [0, 0.05) is 42.2 Å². The maximum absolute atomic E-state index is 13.8. The highest BCUT2D eigenvalue weighted by atomic mass is 32.2. The van der Waals surface area contributed by atoms with Gasteiger partial charge in [-0.1, -0.05) is 0 Å². The van der Waals surface area contributed by atoms with Crippen LogP contribution in [0.2, 0.25) is 0 Å². The number of likely N-dealkylation sites (tertiary alicyclic amines) is 1. The van der Waals surface area contributed by atoms with Gasteiger partial charge in [-0.05, 0) is 63.3 Å². The average molecular weight is 602 g/mol. The van der Waals surface area contributed by atoms with Gasteiger partial charge in [-0.25, -0.2) is 18.4 Å². The van der Waals surface area contributed by atoms with Crippen LogP contribution in [-0.2, 0) is 16.6 Å². The fraction of sp³-hybridized carbons (Fsp3) is 0.464. The summed E-state index contributed by atoms with van der Waals surface area (Å²) < 4.78 is 61.3. The third-order valence-corrected chi connectivity index (χ3v) is 9.17. The largest absolute Gasteiger partial charge is 0.482 e. The van der Waals surface area contributed by atoms with E-state index in [1.54, 1.807) is 23.1 Å². The predicted molar refractivity (Wildman–Crippen MR) is 154 cm³/mol. The molecule has 1 aliphatic heterocycles. The maximum atomic E-state index is 13.8. The van der Waals surface area contributed by atoms with Crippen LogP contribution in [0, 0.1) is 12.8 Å². The minimum Gasteiger partial charge on any atom is -0.482 e. The number of imidazole rings is 1. The summed E-state index contributed by atoms with van der Waals surface area (Å²) in [5.41, 5.74) is 9.52. The number of carbonyl (C=O) groups excluding carboxylic acids is 1. The van der Waals surface area contributed by atoms with Gasteiger partial charge in [-0.2, -0.15) is 13.1 Å². The van der Waals surface area contributed by atoms with Gasteiger partial charge in [0.2, 0.25) is 10.0 Å². The van der Waals surface area contributed by atoms with Crippen LogP contribution < -0.4 is 14.8 Å². The Labute approximate surface area is 241 Å². The van der Waals surface area contributed by atoms with E-state index in [-0.39, 0.29) is 28.1 Å². The van der Waals surface area contributed by atoms with Gasteiger partial charge in [0.15, 0.2) is 5.88 Å². The molecule has 0 spiro atoms. The van der Waals surface area contributed by atoms with Gasteiger partial charge in [0.1, 0.15) is 22.8 Å². The number of sulfonamides is 1. The summed E-state index contributed by atoms with van der Waals surface area (Å²) in [7, 11) is -2.74. The van der Waals surface area contributed by atoms with Crippen LogP contribution >= 0.6 is 0 Å². The second-order valence-electron chi connectivity index (χ2n) is 11.3. The molecule has 4 aromatic heterocycles. The van der Waals surface area contributed by atoms with Crippen molar-refractivity contribution in [2.45, 2.75) is 58.3 Å². The van der Waals surface area contributed by atoms with Gasteiger partial charge in [-0.15, -0.1) is 0 Å². The third-order valence-electron chi connectivity index (χ3n) is 8.11. The molecule has 2 atom stereocenters. The molecule has 2 N–H and O–H groups in total.